The molecule has 0 bridgehead atoms. The second-order valence-electron chi connectivity index (χ2n) is 7.56. The van der Waals surface area contributed by atoms with E-state index < -0.39 is 8.32 Å². The molecule has 2 rings (SSSR count). The van der Waals surface area contributed by atoms with Crippen LogP contribution >= 0.6 is 0 Å². The molecule has 3 nitrogen and oxygen atoms in total. The number of hydrogen-bond acceptors (Lipinski definition) is 3. The van der Waals surface area contributed by atoms with Gasteiger partial charge in [0.15, 0.2) is 0 Å². The van der Waals surface area contributed by atoms with Crippen LogP contribution in [0, 0.1) is 0 Å². The van der Waals surface area contributed by atoms with Gasteiger partial charge in [0, 0.05) is 6.42 Å². The molecule has 0 heterocycles. The summed E-state index contributed by atoms with van der Waals surface area (Å²) in [4.78, 5) is 11.7. The van der Waals surface area contributed by atoms with Gasteiger partial charge in [-0.05, 0) is 21.8 Å². The Morgan fingerprint density at radius 3 is 1.83 bits per heavy atom. The zero-order valence-corrected chi connectivity index (χ0v) is 19.0. The van der Waals surface area contributed by atoms with Crippen molar-refractivity contribution in [1.82, 2.24) is 0 Å². The van der Waals surface area contributed by atoms with Gasteiger partial charge in [-0.1, -0.05) is 87.5 Å². The van der Waals surface area contributed by atoms with E-state index in [4.69, 9.17) is 9.16 Å². The molecule has 0 amide bonds. The van der Waals surface area contributed by atoms with Crippen molar-refractivity contribution < 1.29 is 14.0 Å². The minimum atomic E-state index is -2.55. The molecule has 0 aliphatic carbocycles. The Morgan fingerprint density at radius 1 is 0.931 bits per heavy atom. The van der Waals surface area contributed by atoms with Crippen LogP contribution in [0.15, 0.2) is 86.5 Å². The first-order valence-corrected chi connectivity index (χ1v) is 11.8. The van der Waals surface area contributed by atoms with Gasteiger partial charge in [-0.15, -0.1) is 19.7 Å². The third-order valence-corrected chi connectivity index (χ3v) is 9.68. The van der Waals surface area contributed by atoms with Crippen molar-refractivity contribution in [3.8, 4) is 0 Å². The molecule has 0 atom stereocenters. The summed E-state index contributed by atoms with van der Waals surface area (Å²) in [6, 6.07) is 20.9. The SMILES string of the molecule is C=C.C=CCCC(=O)OCCO[Si](c1ccccc1)(c1ccccc1)C(C)(C)C. The van der Waals surface area contributed by atoms with E-state index in [0.717, 1.165) is 0 Å². The third-order valence-electron chi connectivity index (χ3n) is 4.63. The lowest BCUT2D eigenvalue weighted by atomic mass is 10.2. The van der Waals surface area contributed by atoms with Crippen LogP contribution in [-0.4, -0.2) is 27.5 Å². The molecule has 0 fully saturated rings. The fraction of sp³-hybridized carbons (Fsp3) is 0.320. The lowest BCUT2D eigenvalue weighted by Crippen LogP contribution is -2.66. The van der Waals surface area contributed by atoms with Gasteiger partial charge in [-0.2, -0.15) is 0 Å². The molecule has 0 saturated heterocycles. The lowest BCUT2D eigenvalue weighted by Gasteiger charge is -2.43. The molecule has 0 aromatic heterocycles. The molecule has 0 aliphatic rings. The number of hydrogen-bond donors (Lipinski definition) is 0. The second-order valence-corrected chi connectivity index (χ2v) is 11.9. The van der Waals surface area contributed by atoms with Gasteiger partial charge < -0.3 is 9.16 Å². The molecule has 0 radical (unpaired) electrons. The smallest absolute Gasteiger partial charge is 0.306 e. The zero-order valence-electron chi connectivity index (χ0n) is 18.0. The Balaban J connectivity index is 0.00000204. The van der Waals surface area contributed by atoms with Gasteiger partial charge in [0.25, 0.3) is 8.32 Å². The van der Waals surface area contributed by atoms with E-state index in [1.165, 1.54) is 10.4 Å². The van der Waals surface area contributed by atoms with Crippen LogP contribution in [-0.2, 0) is 14.0 Å². The Labute approximate surface area is 177 Å². The molecule has 0 aliphatic heterocycles. The number of allylic oxidation sites excluding steroid dienone is 1. The third kappa shape index (κ3) is 6.55. The maximum Gasteiger partial charge on any atom is 0.306 e. The van der Waals surface area contributed by atoms with Crippen LogP contribution in [0.5, 0.6) is 0 Å². The predicted molar refractivity (Wildman–Crippen MR) is 125 cm³/mol. The molecule has 0 saturated carbocycles. The standard InChI is InChI=1S/C23H30O3Si.C2H4/c1-5-6-17-22(24)25-18-19-26-27(23(2,3)4,20-13-9-7-10-14-20)21-15-11-8-12-16-21;1-2/h5,7-16H,1,6,17-19H2,2-4H3;1-2H2. The number of ether oxygens (including phenoxy) is 1. The topological polar surface area (TPSA) is 35.5 Å². The fourth-order valence-corrected chi connectivity index (χ4v) is 7.95. The van der Waals surface area contributed by atoms with Gasteiger partial charge in [0.05, 0.1) is 6.61 Å². The van der Waals surface area contributed by atoms with Crippen LogP contribution in [0.4, 0.5) is 0 Å². The number of esters is 1. The van der Waals surface area contributed by atoms with E-state index >= 15 is 0 Å². The Hall–Kier alpha value is -2.43. The summed E-state index contributed by atoms with van der Waals surface area (Å²) in [6.07, 6.45) is 2.72. The van der Waals surface area contributed by atoms with Crippen molar-refractivity contribution in [3.05, 3.63) is 86.5 Å². The fourth-order valence-electron chi connectivity index (χ4n) is 3.40. The van der Waals surface area contributed by atoms with Crippen molar-refractivity contribution in [3.63, 3.8) is 0 Å². The molecular weight excluding hydrogens is 376 g/mol. The van der Waals surface area contributed by atoms with Crippen molar-refractivity contribution in [2.75, 3.05) is 13.2 Å². The average molecular weight is 411 g/mol. The molecule has 0 spiro atoms. The molecule has 156 valence electrons. The normalized spacial score (nSPS) is 11.1. The molecule has 2 aromatic carbocycles. The highest BCUT2D eigenvalue weighted by atomic mass is 28.4. The summed E-state index contributed by atoms with van der Waals surface area (Å²) in [7, 11) is -2.55. The molecule has 0 unspecified atom stereocenters. The van der Waals surface area contributed by atoms with E-state index in [9.17, 15) is 4.79 Å². The highest BCUT2D eigenvalue weighted by molar-refractivity contribution is 6.99. The minimum absolute atomic E-state index is 0.0808. The van der Waals surface area contributed by atoms with Crippen molar-refractivity contribution >= 4 is 24.7 Å². The summed E-state index contributed by atoms with van der Waals surface area (Å²) in [5.74, 6) is -0.207. The first kappa shape index (κ1) is 24.6. The van der Waals surface area contributed by atoms with Gasteiger partial charge in [0.1, 0.15) is 6.61 Å². The second kappa shape index (κ2) is 12.2. The Morgan fingerprint density at radius 2 is 1.41 bits per heavy atom. The number of benzene rings is 2. The Bertz CT molecular complexity index is 696. The summed E-state index contributed by atoms with van der Waals surface area (Å²) >= 11 is 0. The molecule has 0 N–H and O–H groups in total. The summed E-state index contributed by atoms with van der Waals surface area (Å²) in [5, 5.41) is 2.37. The molecule has 2 aromatic rings. The predicted octanol–water partition coefficient (Wildman–Crippen LogP) is 4.87. The maximum absolute atomic E-state index is 11.7. The summed E-state index contributed by atoms with van der Waals surface area (Å²) < 4.78 is 12.0. The van der Waals surface area contributed by atoms with E-state index in [1.807, 2.05) is 12.1 Å². The van der Waals surface area contributed by atoms with Crippen molar-refractivity contribution in [2.45, 2.75) is 38.7 Å². The van der Waals surface area contributed by atoms with Crippen LogP contribution in [0.1, 0.15) is 33.6 Å². The van der Waals surface area contributed by atoms with E-state index in [2.05, 4.69) is 89.0 Å². The van der Waals surface area contributed by atoms with Crippen LogP contribution in [0.25, 0.3) is 0 Å². The largest absolute Gasteiger partial charge is 0.463 e. The first-order chi connectivity index (χ1) is 13.9. The maximum atomic E-state index is 11.7. The van der Waals surface area contributed by atoms with Gasteiger partial charge in [0.2, 0.25) is 0 Å². The average Bonchev–Trinajstić information content (AvgIpc) is 2.74. The summed E-state index contributed by atoms with van der Waals surface area (Å²) in [6.45, 7) is 17.0. The lowest BCUT2D eigenvalue weighted by molar-refractivity contribution is -0.144. The number of carbonyl (C=O) groups excluding carboxylic acids is 1. The number of rotatable bonds is 9. The van der Waals surface area contributed by atoms with E-state index in [-0.39, 0.29) is 17.6 Å². The Kier molecular flexibility index (Phi) is 10.3. The highest BCUT2D eigenvalue weighted by Gasteiger charge is 2.50. The van der Waals surface area contributed by atoms with Crippen LogP contribution in [0.3, 0.4) is 0 Å². The van der Waals surface area contributed by atoms with E-state index in [1.54, 1.807) is 6.08 Å². The van der Waals surface area contributed by atoms with Gasteiger partial charge in [-0.25, -0.2) is 0 Å². The summed E-state index contributed by atoms with van der Waals surface area (Å²) in [5.41, 5.74) is 0. The van der Waals surface area contributed by atoms with Crippen molar-refractivity contribution in [1.29, 1.82) is 0 Å². The molecule has 29 heavy (non-hydrogen) atoms. The number of carbonyl (C=O) groups is 1. The monoisotopic (exact) mass is 410 g/mol. The molecular formula is C25H34O3Si. The minimum Gasteiger partial charge on any atom is -0.463 e. The van der Waals surface area contributed by atoms with Crippen LogP contribution < -0.4 is 10.4 Å². The quantitative estimate of drug-likeness (QED) is 0.256. The highest BCUT2D eigenvalue weighted by Crippen LogP contribution is 2.36. The van der Waals surface area contributed by atoms with Gasteiger partial charge >= 0.3 is 5.97 Å². The first-order valence-electron chi connectivity index (χ1n) is 9.93. The molecule has 4 heteroatoms. The zero-order chi connectivity index (χ0) is 21.8. The van der Waals surface area contributed by atoms with Crippen molar-refractivity contribution in [2.24, 2.45) is 0 Å². The van der Waals surface area contributed by atoms with E-state index in [0.29, 0.717) is 19.4 Å². The van der Waals surface area contributed by atoms with Gasteiger partial charge in [-0.3, -0.25) is 4.79 Å². The van der Waals surface area contributed by atoms with Crippen LogP contribution in [0.2, 0.25) is 5.04 Å².